The third-order valence-corrected chi connectivity index (χ3v) is 5.94. The number of halogens is 6. The van der Waals surface area contributed by atoms with Gasteiger partial charge in [0.25, 0.3) is 5.91 Å². The second-order valence-corrected chi connectivity index (χ2v) is 8.59. The summed E-state index contributed by atoms with van der Waals surface area (Å²) in [6.07, 6.45) is -8.95. The molecule has 0 bridgehead atoms. The van der Waals surface area contributed by atoms with Crippen LogP contribution in [0.5, 0.6) is 17.2 Å². The largest absolute Gasteiger partial charge is 0.573 e. The Morgan fingerprint density at radius 1 is 1.00 bits per heavy atom. The van der Waals surface area contributed by atoms with E-state index < -0.39 is 30.7 Å². The number of thiazole rings is 1. The van der Waals surface area contributed by atoms with Gasteiger partial charge in [-0.2, -0.15) is 18.2 Å². The van der Waals surface area contributed by atoms with Gasteiger partial charge in [0.15, 0.2) is 4.80 Å². The van der Waals surface area contributed by atoms with Gasteiger partial charge in [-0.05, 0) is 54.9 Å². The summed E-state index contributed by atoms with van der Waals surface area (Å²) >= 11 is 1.10. The van der Waals surface area contributed by atoms with Crippen LogP contribution in [0, 0.1) is 0 Å². The van der Waals surface area contributed by atoms with Gasteiger partial charge < -0.3 is 24.1 Å². The summed E-state index contributed by atoms with van der Waals surface area (Å²) in [5.41, 5.74) is 1.17. The number of amides is 1. The van der Waals surface area contributed by atoms with Gasteiger partial charge in [0.2, 0.25) is 0 Å². The predicted octanol–water partition coefficient (Wildman–Crippen LogP) is 5.42. The Kier molecular flexibility index (Phi) is 9.44. The van der Waals surface area contributed by atoms with Gasteiger partial charge in [-0.3, -0.25) is 4.79 Å². The predicted molar refractivity (Wildman–Crippen MR) is 127 cm³/mol. The number of ether oxygens (including phenoxy) is 3. The average Bonchev–Trinajstić information content (AvgIpc) is 3.24. The SMILES string of the molecule is COc1ccc(C(=O)N=c2scc(-c3ccc(OC(F)(F)F)cc3)n2CCCNCC(F)(F)F)c(OC)c1. The van der Waals surface area contributed by atoms with Crippen LogP contribution < -0.4 is 24.3 Å². The van der Waals surface area contributed by atoms with E-state index in [4.69, 9.17) is 9.47 Å². The third kappa shape index (κ3) is 8.25. The molecule has 38 heavy (non-hydrogen) atoms. The Balaban J connectivity index is 1.93. The van der Waals surface area contributed by atoms with Crippen molar-refractivity contribution in [3.05, 3.63) is 58.2 Å². The molecule has 0 aliphatic heterocycles. The van der Waals surface area contributed by atoms with Gasteiger partial charge >= 0.3 is 12.5 Å². The van der Waals surface area contributed by atoms with Crippen molar-refractivity contribution in [1.29, 1.82) is 0 Å². The Hall–Kier alpha value is -3.52. The molecular weight excluding hydrogens is 540 g/mol. The van der Waals surface area contributed by atoms with Crippen LogP contribution in [0.3, 0.4) is 0 Å². The maximum atomic E-state index is 13.0. The van der Waals surface area contributed by atoms with Crippen LogP contribution in [0.1, 0.15) is 16.8 Å². The molecule has 206 valence electrons. The van der Waals surface area contributed by atoms with E-state index in [1.165, 1.54) is 38.5 Å². The summed E-state index contributed by atoms with van der Waals surface area (Å²) in [5, 5.41) is 3.96. The van der Waals surface area contributed by atoms with Crippen LogP contribution >= 0.6 is 11.3 Å². The quantitative estimate of drug-likeness (QED) is 0.264. The summed E-state index contributed by atoms with van der Waals surface area (Å²) in [4.78, 5) is 17.4. The van der Waals surface area contributed by atoms with E-state index in [0.29, 0.717) is 17.0 Å². The lowest BCUT2D eigenvalue weighted by Crippen LogP contribution is -2.30. The number of carbonyl (C=O) groups excluding carboxylic acids is 1. The highest BCUT2D eigenvalue weighted by atomic mass is 32.1. The van der Waals surface area contributed by atoms with E-state index in [9.17, 15) is 31.1 Å². The Morgan fingerprint density at radius 3 is 2.29 bits per heavy atom. The van der Waals surface area contributed by atoms with Crippen molar-refractivity contribution in [1.82, 2.24) is 9.88 Å². The van der Waals surface area contributed by atoms with Crippen molar-refractivity contribution in [3.8, 4) is 28.5 Å². The fourth-order valence-corrected chi connectivity index (χ4v) is 4.34. The second-order valence-electron chi connectivity index (χ2n) is 7.76. The Morgan fingerprint density at radius 2 is 1.68 bits per heavy atom. The number of aromatic nitrogens is 1. The molecule has 0 radical (unpaired) electrons. The minimum atomic E-state index is -4.85. The lowest BCUT2D eigenvalue weighted by Gasteiger charge is -2.12. The van der Waals surface area contributed by atoms with Crippen LogP contribution in [-0.2, 0) is 6.54 Å². The highest BCUT2D eigenvalue weighted by molar-refractivity contribution is 7.07. The van der Waals surface area contributed by atoms with Crippen molar-refractivity contribution in [2.75, 3.05) is 27.3 Å². The molecule has 0 aliphatic carbocycles. The maximum Gasteiger partial charge on any atom is 0.573 e. The van der Waals surface area contributed by atoms with Crippen molar-refractivity contribution in [3.63, 3.8) is 0 Å². The minimum Gasteiger partial charge on any atom is -0.497 e. The van der Waals surface area contributed by atoms with Crippen molar-refractivity contribution < 1.29 is 45.3 Å². The number of carbonyl (C=O) groups is 1. The van der Waals surface area contributed by atoms with Crippen LogP contribution in [0.2, 0.25) is 0 Å². The molecule has 1 N–H and O–H groups in total. The number of methoxy groups -OCH3 is 2. The summed E-state index contributed by atoms with van der Waals surface area (Å²) in [5.74, 6) is -0.337. The number of hydrogen-bond acceptors (Lipinski definition) is 6. The molecule has 0 fully saturated rings. The molecule has 1 heterocycles. The zero-order valence-electron chi connectivity index (χ0n) is 20.2. The molecule has 7 nitrogen and oxygen atoms in total. The maximum absolute atomic E-state index is 13.0. The number of benzene rings is 2. The number of nitrogens with one attached hydrogen (secondary N) is 1. The zero-order chi connectivity index (χ0) is 27.9. The van der Waals surface area contributed by atoms with Gasteiger partial charge in [0, 0.05) is 18.0 Å². The second kappa shape index (κ2) is 12.3. The first-order valence-corrected chi connectivity index (χ1v) is 11.9. The molecule has 0 saturated carbocycles. The fraction of sp³-hybridized carbons (Fsp3) is 0.333. The normalized spacial score (nSPS) is 12.5. The lowest BCUT2D eigenvalue weighted by atomic mass is 10.1. The van der Waals surface area contributed by atoms with Crippen LogP contribution in [0.25, 0.3) is 11.3 Å². The number of alkyl halides is 6. The highest BCUT2D eigenvalue weighted by Gasteiger charge is 2.31. The molecule has 0 unspecified atom stereocenters. The molecule has 2 aromatic carbocycles. The summed E-state index contributed by atoms with van der Waals surface area (Å²) < 4.78 is 90.7. The molecule has 1 aromatic heterocycles. The number of rotatable bonds is 10. The number of hydrogen-bond donors (Lipinski definition) is 1. The van der Waals surface area contributed by atoms with E-state index in [1.807, 2.05) is 0 Å². The molecular formula is C24H23F6N3O4S. The van der Waals surface area contributed by atoms with Crippen molar-refractivity contribution >= 4 is 17.2 Å². The fourth-order valence-electron chi connectivity index (χ4n) is 3.41. The summed E-state index contributed by atoms with van der Waals surface area (Å²) in [6.45, 7) is -0.946. The lowest BCUT2D eigenvalue weighted by molar-refractivity contribution is -0.274. The van der Waals surface area contributed by atoms with E-state index in [0.717, 1.165) is 23.5 Å². The standard InChI is InChI=1S/C24H23F6N3O4S/c1-35-17-8-9-18(20(12-17)36-2)21(34)32-22-33(11-3-10-31-14-23(25,26)27)19(13-38-22)15-4-6-16(7-5-15)37-24(28,29)30/h4-9,12-13,31H,3,10-11,14H2,1-2H3. The highest BCUT2D eigenvalue weighted by Crippen LogP contribution is 2.28. The van der Waals surface area contributed by atoms with E-state index in [-0.39, 0.29) is 35.6 Å². The molecule has 0 saturated heterocycles. The van der Waals surface area contributed by atoms with Gasteiger partial charge in [-0.1, -0.05) is 0 Å². The van der Waals surface area contributed by atoms with Gasteiger partial charge in [-0.25, -0.2) is 0 Å². The average molecular weight is 564 g/mol. The van der Waals surface area contributed by atoms with E-state index in [2.05, 4.69) is 15.0 Å². The smallest absolute Gasteiger partial charge is 0.497 e. The topological polar surface area (TPSA) is 74.1 Å². The molecule has 0 spiro atoms. The molecule has 3 rings (SSSR count). The first kappa shape index (κ1) is 29.0. The van der Waals surface area contributed by atoms with Crippen molar-refractivity contribution in [2.24, 2.45) is 4.99 Å². The first-order valence-electron chi connectivity index (χ1n) is 11.0. The summed E-state index contributed by atoms with van der Waals surface area (Å²) in [7, 11) is 2.84. The van der Waals surface area contributed by atoms with Crippen LogP contribution in [0.4, 0.5) is 26.3 Å². The van der Waals surface area contributed by atoms with Gasteiger partial charge in [0.1, 0.15) is 17.2 Å². The minimum absolute atomic E-state index is 0.0276. The van der Waals surface area contributed by atoms with E-state index >= 15 is 0 Å². The van der Waals surface area contributed by atoms with Gasteiger partial charge in [-0.15, -0.1) is 24.5 Å². The number of nitrogens with zero attached hydrogens (tertiary/aromatic N) is 2. The van der Waals surface area contributed by atoms with Crippen molar-refractivity contribution in [2.45, 2.75) is 25.5 Å². The molecule has 0 atom stereocenters. The summed E-state index contributed by atoms with van der Waals surface area (Å²) in [6, 6.07) is 9.66. The van der Waals surface area contributed by atoms with Crippen LogP contribution in [-0.4, -0.2) is 50.3 Å². The first-order chi connectivity index (χ1) is 17.9. The Bertz CT molecular complexity index is 1300. The molecule has 0 aliphatic rings. The van der Waals surface area contributed by atoms with Crippen LogP contribution in [0.15, 0.2) is 52.8 Å². The van der Waals surface area contributed by atoms with Gasteiger partial charge in [0.05, 0.1) is 32.0 Å². The molecule has 14 heteroatoms. The molecule has 1 amide bonds. The molecule has 3 aromatic rings. The zero-order valence-corrected chi connectivity index (χ0v) is 21.0. The monoisotopic (exact) mass is 563 g/mol. The van der Waals surface area contributed by atoms with E-state index in [1.54, 1.807) is 16.0 Å². The Labute approximate surface area is 217 Å². The third-order valence-electron chi connectivity index (χ3n) is 5.08.